The van der Waals surface area contributed by atoms with Crippen LogP contribution in [-0.4, -0.2) is 30.3 Å². The summed E-state index contributed by atoms with van der Waals surface area (Å²) in [6, 6.07) is 9.81. The van der Waals surface area contributed by atoms with Crippen molar-refractivity contribution in [1.82, 2.24) is 9.97 Å². The largest absolute Gasteiger partial charge is 0.363 e. The van der Waals surface area contributed by atoms with E-state index in [1.807, 2.05) is 49.3 Å². The highest BCUT2D eigenvalue weighted by molar-refractivity contribution is 9.10. The first kappa shape index (κ1) is 16.4. The number of anilines is 2. The molecule has 0 radical (unpaired) electrons. The van der Waals surface area contributed by atoms with E-state index in [2.05, 4.69) is 50.3 Å². The maximum absolute atomic E-state index is 4.53. The first-order chi connectivity index (χ1) is 10.5. The maximum atomic E-state index is 4.53. The molecule has 22 heavy (non-hydrogen) atoms. The van der Waals surface area contributed by atoms with Gasteiger partial charge in [-0.15, -0.1) is 0 Å². The van der Waals surface area contributed by atoms with Crippen molar-refractivity contribution in [2.45, 2.75) is 19.8 Å². The number of halogens is 1. The average Bonchev–Trinajstić information content (AvgIpc) is 2.49. The van der Waals surface area contributed by atoms with Gasteiger partial charge in [-0.3, -0.25) is 5.43 Å². The average molecular weight is 362 g/mol. The molecule has 0 aliphatic heterocycles. The third-order valence-corrected chi connectivity index (χ3v) is 3.50. The Bertz CT molecular complexity index is 624. The van der Waals surface area contributed by atoms with Gasteiger partial charge in [0.25, 0.3) is 0 Å². The van der Waals surface area contributed by atoms with Crippen molar-refractivity contribution in [1.29, 1.82) is 0 Å². The van der Waals surface area contributed by atoms with E-state index in [-0.39, 0.29) is 5.92 Å². The molecule has 5 nitrogen and oxygen atoms in total. The lowest BCUT2D eigenvalue weighted by molar-refractivity contribution is 0.771. The molecular weight excluding hydrogens is 342 g/mol. The summed E-state index contributed by atoms with van der Waals surface area (Å²) in [6.45, 7) is 4.15. The van der Waals surface area contributed by atoms with Crippen LogP contribution in [0, 0.1) is 0 Å². The molecule has 2 aromatic rings. The number of nitrogens with one attached hydrogen (secondary N) is 1. The predicted octanol–water partition coefficient (Wildman–Crippen LogP) is 3.87. The molecule has 0 aliphatic rings. The number of benzene rings is 1. The van der Waals surface area contributed by atoms with Crippen LogP contribution in [0.5, 0.6) is 0 Å². The second-order valence-corrected chi connectivity index (χ2v) is 6.36. The highest BCUT2D eigenvalue weighted by Crippen LogP contribution is 2.18. The summed E-state index contributed by atoms with van der Waals surface area (Å²) in [5.41, 5.74) is 3.99. The van der Waals surface area contributed by atoms with Gasteiger partial charge >= 0.3 is 0 Å². The molecule has 0 fully saturated rings. The van der Waals surface area contributed by atoms with Crippen molar-refractivity contribution in [2.24, 2.45) is 5.10 Å². The van der Waals surface area contributed by atoms with Gasteiger partial charge in [0.2, 0.25) is 0 Å². The van der Waals surface area contributed by atoms with E-state index in [0.717, 1.165) is 21.7 Å². The fourth-order valence-corrected chi connectivity index (χ4v) is 1.98. The first-order valence-electron chi connectivity index (χ1n) is 7.06. The van der Waals surface area contributed by atoms with Gasteiger partial charge in [-0.05, 0) is 17.7 Å². The van der Waals surface area contributed by atoms with E-state index >= 15 is 0 Å². The molecule has 2 rings (SSSR count). The Morgan fingerprint density at radius 1 is 1.18 bits per heavy atom. The molecule has 116 valence electrons. The molecule has 0 spiro atoms. The van der Waals surface area contributed by atoms with Gasteiger partial charge in [0.15, 0.2) is 5.82 Å². The Kier molecular flexibility index (Phi) is 5.49. The molecule has 6 heteroatoms. The van der Waals surface area contributed by atoms with Crippen LogP contribution in [0.2, 0.25) is 0 Å². The quantitative estimate of drug-likeness (QED) is 0.648. The Morgan fingerprint density at radius 2 is 1.86 bits per heavy atom. The Balaban J connectivity index is 2.16. The first-order valence-corrected chi connectivity index (χ1v) is 7.86. The zero-order chi connectivity index (χ0) is 16.1. The van der Waals surface area contributed by atoms with Crippen LogP contribution in [0.4, 0.5) is 11.6 Å². The second-order valence-electron chi connectivity index (χ2n) is 5.44. The fourth-order valence-electron chi connectivity index (χ4n) is 1.72. The third kappa shape index (κ3) is 4.53. The van der Waals surface area contributed by atoms with Crippen LogP contribution in [0.25, 0.3) is 0 Å². The molecule has 0 aliphatic carbocycles. The van der Waals surface area contributed by atoms with Crippen LogP contribution >= 0.6 is 15.9 Å². The van der Waals surface area contributed by atoms with Crippen LogP contribution < -0.4 is 10.3 Å². The van der Waals surface area contributed by atoms with E-state index in [0.29, 0.717) is 5.82 Å². The van der Waals surface area contributed by atoms with Crippen molar-refractivity contribution >= 4 is 33.8 Å². The van der Waals surface area contributed by atoms with Crippen molar-refractivity contribution in [3.63, 3.8) is 0 Å². The topological polar surface area (TPSA) is 53.4 Å². The summed E-state index contributed by atoms with van der Waals surface area (Å²) in [6.07, 6.45) is 1.76. The molecule has 1 aromatic heterocycles. The number of hydrazone groups is 1. The van der Waals surface area contributed by atoms with Crippen LogP contribution in [0.3, 0.4) is 0 Å². The Morgan fingerprint density at radius 3 is 2.45 bits per heavy atom. The summed E-state index contributed by atoms with van der Waals surface area (Å²) < 4.78 is 1.05. The van der Waals surface area contributed by atoms with Gasteiger partial charge in [0, 0.05) is 30.6 Å². The molecule has 0 amide bonds. The van der Waals surface area contributed by atoms with Crippen LogP contribution in [-0.2, 0) is 0 Å². The summed E-state index contributed by atoms with van der Waals surface area (Å²) >= 11 is 3.41. The van der Waals surface area contributed by atoms with Crippen molar-refractivity contribution in [2.75, 3.05) is 24.4 Å². The van der Waals surface area contributed by atoms with E-state index in [9.17, 15) is 0 Å². The van der Waals surface area contributed by atoms with Gasteiger partial charge in [-0.25, -0.2) is 9.97 Å². The van der Waals surface area contributed by atoms with E-state index in [1.165, 1.54) is 0 Å². The van der Waals surface area contributed by atoms with Crippen molar-refractivity contribution < 1.29 is 0 Å². The van der Waals surface area contributed by atoms with Crippen LogP contribution in [0.1, 0.15) is 31.2 Å². The highest BCUT2D eigenvalue weighted by atomic mass is 79.9. The zero-order valence-corrected chi connectivity index (χ0v) is 14.8. The van der Waals surface area contributed by atoms with Gasteiger partial charge in [-0.2, -0.15) is 5.10 Å². The summed E-state index contributed by atoms with van der Waals surface area (Å²) in [7, 11) is 3.92. The number of hydrogen-bond donors (Lipinski definition) is 1. The minimum Gasteiger partial charge on any atom is -0.363 e. The smallest absolute Gasteiger partial charge is 0.152 e. The van der Waals surface area contributed by atoms with Gasteiger partial charge < -0.3 is 4.90 Å². The van der Waals surface area contributed by atoms with Gasteiger partial charge in [-0.1, -0.05) is 41.9 Å². The zero-order valence-electron chi connectivity index (χ0n) is 13.2. The lowest BCUT2D eigenvalue weighted by Crippen LogP contribution is -2.13. The number of rotatable bonds is 5. The minimum atomic E-state index is 0.260. The summed E-state index contributed by atoms with van der Waals surface area (Å²) in [5, 5.41) is 4.24. The SMILES string of the molecule is CC(C)c1nc(N/N=C\c2ccc(Br)cc2)cc(N(C)C)n1. The number of hydrogen-bond acceptors (Lipinski definition) is 5. The van der Waals surface area contributed by atoms with Gasteiger partial charge in [0.05, 0.1) is 6.21 Å². The van der Waals surface area contributed by atoms with E-state index in [1.54, 1.807) is 6.21 Å². The molecule has 1 N–H and O–H groups in total. The molecule has 0 bridgehead atoms. The summed E-state index contributed by atoms with van der Waals surface area (Å²) in [5.74, 6) is 2.61. The molecule has 1 heterocycles. The van der Waals surface area contributed by atoms with E-state index in [4.69, 9.17) is 0 Å². The van der Waals surface area contributed by atoms with Crippen molar-refractivity contribution in [3.05, 3.63) is 46.2 Å². The molecule has 0 unspecified atom stereocenters. The predicted molar refractivity (Wildman–Crippen MR) is 95.8 cm³/mol. The Hall–Kier alpha value is -1.95. The van der Waals surface area contributed by atoms with Crippen LogP contribution in [0.15, 0.2) is 39.9 Å². The normalized spacial score (nSPS) is 11.2. The molecular formula is C16H20BrN5. The maximum Gasteiger partial charge on any atom is 0.152 e. The lowest BCUT2D eigenvalue weighted by atomic mass is 10.2. The van der Waals surface area contributed by atoms with Gasteiger partial charge in [0.1, 0.15) is 11.6 Å². The van der Waals surface area contributed by atoms with Crippen molar-refractivity contribution in [3.8, 4) is 0 Å². The monoisotopic (exact) mass is 361 g/mol. The molecule has 1 aromatic carbocycles. The third-order valence-electron chi connectivity index (χ3n) is 2.97. The molecule has 0 saturated heterocycles. The highest BCUT2D eigenvalue weighted by Gasteiger charge is 2.08. The Labute approximate surface area is 139 Å². The lowest BCUT2D eigenvalue weighted by Gasteiger charge is -2.15. The fraction of sp³-hybridized carbons (Fsp3) is 0.312. The molecule has 0 saturated carbocycles. The minimum absolute atomic E-state index is 0.260. The summed E-state index contributed by atoms with van der Waals surface area (Å²) in [4.78, 5) is 11.0. The number of nitrogens with zero attached hydrogens (tertiary/aromatic N) is 4. The second kappa shape index (κ2) is 7.35. The standard InChI is InChI=1S/C16H20BrN5/c1-11(2)16-19-14(9-15(20-16)22(3)4)21-18-10-12-5-7-13(17)8-6-12/h5-11H,1-4H3,(H,19,20,21)/b18-10-. The molecule has 0 atom stereocenters. The van der Waals surface area contributed by atoms with E-state index < -0.39 is 0 Å². The number of aromatic nitrogens is 2.